The van der Waals surface area contributed by atoms with E-state index in [4.69, 9.17) is 14.2 Å². The Morgan fingerprint density at radius 1 is 1.15 bits per heavy atom. The van der Waals surface area contributed by atoms with Crippen molar-refractivity contribution in [3.8, 4) is 11.5 Å². The molecular formula is C22H27NO4. The van der Waals surface area contributed by atoms with Crippen LogP contribution in [0.2, 0.25) is 0 Å². The smallest absolute Gasteiger partial charge is 0.255 e. The van der Waals surface area contributed by atoms with Crippen LogP contribution >= 0.6 is 0 Å². The van der Waals surface area contributed by atoms with E-state index >= 15 is 0 Å². The first-order chi connectivity index (χ1) is 13.2. The Morgan fingerprint density at radius 2 is 2.00 bits per heavy atom. The number of unbranched alkanes of at least 4 members (excludes halogenated alkanes) is 1. The topological polar surface area (TPSA) is 56.8 Å². The van der Waals surface area contributed by atoms with Crippen LogP contribution in [0.5, 0.6) is 11.5 Å². The fourth-order valence-electron chi connectivity index (χ4n) is 2.86. The molecule has 0 aliphatic carbocycles. The van der Waals surface area contributed by atoms with Gasteiger partial charge in [0.25, 0.3) is 5.91 Å². The molecule has 1 fully saturated rings. The molecule has 5 nitrogen and oxygen atoms in total. The Labute approximate surface area is 160 Å². The molecule has 0 spiro atoms. The zero-order valence-corrected chi connectivity index (χ0v) is 15.8. The van der Waals surface area contributed by atoms with E-state index in [1.165, 1.54) is 0 Å². The number of nitrogens with one attached hydrogen (secondary N) is 1. The lowest BCUT2D eigenvalue weighted by molar-refractivity contribution is 0.0679. The first-order valence-corrected chi connectivity index (χ1v) is 9.63. The maximum atomic E-state index is 12.5. The Balaban J connectivity index is 1.51. The number of carbonyl (C=O) groups excluding carboxylic acids is 1. The van der Waals surface area contributed by atoms with Gasteiger partial charge in [-0.1, -0.05) is 19.4 Å². The molecule has 1 amide bonds. The number of rotatable bonds is 9. The second-order valence-corrected chi connectivity index (χ2v) is 6.65. The molecule has 144 valence electrons. The Morgan fingerprint density at radius 3 is 2.74 bits per heavy atom. The van der Waals surface area contributed by atoms with Crippen molar-refractivity contribution >= 4 is 11.6 Å². The molecule has 2 aromatic carbocycles. The molecular weight excluding hydrogens is 342 g/mol. The lowest BCUT2D eigenvalue weighted by Gasteiger charge is -2.12. The third kappa shape index (κ3) is 6.00. The molecule has 0 bridgehead atoms. The van der Waals surface area contributed by atoms with Crippen molar-refractivity contribution in [3.05, 3.63) is 54.1 Å². The second-order valence-electron chi connectivity index (χ2n) is 6.65. The normalized spacial score (nSPS) is 16.1. The predicted molar refractivity (Wildman–Crippen MR) is 106 cm³/mol. The van der Waals surface area contributed by atoms with Gasteiger partial charge in [0.15, 0.2) is 0 Å². The van der Waals surface area contributed by atoms with Crippen molar-refractivity contribution in [1.82, 2.24) is 0 Å². The van der Waals surface area contributed by atoms with Gasteiger partial charge in [-0.2, -0.15) is 0 Å². The zero-order valence-electron chi connectivity index (χ0n) is 15.8. The Hall–Kier alpha value is -2.53. The van der Waals surface area contributed by atoms with E-state index in [1.807, 2.05) is 36.4 Å². The van der Waals surface area contributed by atoms with E-state index < -0.39 is 0 Å². The average Bonchev–Trinajstić information content (AvgIpc) is 3.21. The average molecular weight is 369 g/mol. The van der Waals surface area contributed by atoms with Gasteiger partial charge in [0, 0.05) is 17.9 Å². The highest BCUT2D eigenvalue weighted by Crippen LogP contribution is 2.20. The van der Waals surface area contributed by atoms with Crippen molar-refractivity contribution in [3.63, 3.8) is 0 Å². The molecule has 1 aliphatic heterocycles. The van der Waals surface area contributed by atoms with Crippen molar-refractivity contribution in [2.45, 2.75) is 38.7 Å². The Bertz CT molecular complexity index is 723. The summed E-state index contributed by atoms with van der Waals surface area (Å²) in [6.07, 6.45) is 4.42. The van der Waals surface area contributed by atoms with Crippen LogP contribution in [-0.2, 0) is 4.74 Å². The molecule has 0 unspecified atom stereocenters. The highest BCUT2D eigenvalue weighted by molar-refractivity contribution is 6.04. The summed E-state index contributed by atoms with van der Waals surface area (Å²) >= 11 is 0. The quantitative estimate of drug-likeness (QED) is 0.652. The van der Waals surface area contributed by atoms with Gasteiger partial charge < -0.3 is 19.5 Å². The summed E-state index contributed by atoms with van der Waals surface area (Å²) in [5, 5.41) is 2.90. The minimum atomic E-state index is -0.163. The highest BCUT2D eigenvalue weighted by atomic mass is 16.5. The van der Waals surface area contributed by atoms with Crippen LogP contribution in [0.1, 0.15) is 43.0 Å². The van der Waals surface area contributed by atoms with Crippen LogP contribution in [0.25, 0.3) is 0 Å². The Kier molecular flexibility index (Phi) is 7.11. The third-order valence-corrected chi connectivity index (χ3v) is 4.43. The predicted octanol–water partition coefficient (Wildman–Crippen LogP) is 4.68. The van der Waals surface area contributed by atoms with Crippen LogP contribution in [0, 0.1) is 0 Å². The van der Waals surface area contributed by atoms with Gasteiger partial charge in [-0.3, -0.25) is 4.79 Å². The van der Waals surface area contributed by atoms with Gasteiger partial charge in [-0.05, 0) is 61.7 Å². The number of anilines is 1. The lowest BCUT2D eigenvalue weighted by Crippen LogP contribution is -2.16. The number of carbonyl (C=O) groups is 1. The summed E-state index contributed by atoms with van der Waals surface area (Å²) in [5.74, 6) is 1.33. The zero-order chi connectivity index (χ0) is 18.9. The second kappa shape index (κ2) is 9.97. The molecule has 1 saturated heterocycles. The van der Waals surface area contributed by atoms with E-state index in [-0.39, 0.29) is 12.0 Å². The van der Waals surface area contributed by atoms with Crippen LogP contribution in [0.3, 0.4) is 0 Å². The fraction of sp³-hybridized carbons (Fsp3) is 0.409. The van der Waals surface area contributed by atoms with Crippen molar-refractivity contribution in [2.75, 3.05) is 25.1 Å². The SMILES string of the molecule is CCCCOc1cccc(C(=O)Nc2ccc(OC[C@H]3CCCO3)cc2)c1. The molecule has 0 radical (unpaired) electrons. The summed E-state index contributed by atoms with van der Waals surface area (Å²) in [5.41, 5.74) is 1.30. The van der Waals surface area contributed by atoms with Crippen molar-refractivity contribution in [1.29, 1.82) is 0 Å². The van der Waals surface area contributed by atoms with E-state index in [9.17, 15) is 4.79 Å². The summed E-state index contributed by atoms with van der Waals surface area (Å²) in [6.45, 7) is 4.17. The maximum Gasteiger partial charge on any atom is 0.255 e. The van der Waals surface area contributed by atoms with Crippen molar-refractivity contribution in [2.24, 2.45) is 0 Å². The van der Waals surface area contributed by atoms with Crippen molar-refractivity contribution < 1.29 is 19.0 Å². The molecule has 0 saturated carbocycles. The minimum absolute atomic E-state index is 0.163. The number of hydrogen-bond donors (Lipinski definition) is 1. The number of ether oxygens (including phenoxy) is 3. The molecule has 1 aliphatic rings. The molecule has 27 heavy (non-hydrogen) atoms. The van der Waals surface area contributed by atoms with Gasteiger partial charge in [-0.25, -0.2) is 0 Å². The first kappa shape index (κ1) is 19.2. The van der Waals surface area contributed by atoms with Gasteiger partial charge in [0.1, 0.15) is 18.1 Å². The molecule has 1 N–H and O–H groups in total. The van der Waals surface area contributed by atoms with Gasteiger partial charge in [0.2, 0.25) is 0 Å². The van der Waals surface area contributed by atoms with E-state index in [2.05, 4.69) is 12.2 Å². The molecule has 5 heteroatoms. The highest BCUT2D eigenvalue weighted by Gasteiger charge is 2.16. The molecule has 3 rings (SSSR count). The van der Waals surface area contributed by atoms with Gasteiger partial charge in [-0.15, -0.1) is 0 Å². The number of hydrogen-bond acceptors (Lipinski definition) is 4. The fourth-order valence-corrected chi connectivity index (χ4v) is 2.86. The lowest BCUT2D eigenvalue weighted by atomic mass is 10.2. The van der Waals surface area contributed by atoms with Crippen LogP contribution in [0.15, 0.2) is 48.5 Å². The standard InChI is InChI=1S/C22H27NO4/c1-2-3-13-25-20-7-4-6-17(15-20)22(24)23-18-9-11-19(12-10-18)27-16-21-8-5-14-26-21/h4,6-7,9-12,15,21H,2-3,5,8,13-14,16H2,1H3,(H,23,24)/t21-/m1/s1. The van der Waals surface area contributed by atoms with Gasteiger partial charge in [0.05, 0.1) is 12.7 Å². The van der Waals surface area contributed by atoms with E-state index in [1.54, 1.807) is 12.1 Å². The summed E-state index contributed by atoms with van der Waals surface area (Å²) in [7, 11) is 0. The van der Waals surface area contributed by atoms with Gasteiger partial charge >= 0.3 is 0 Å². The first-order valence-electron chi connectivity index (χ1n) is 9.63. The molecule has 1 heterocycles. The number of amides is 1. The summed E-state index contributed by atoms with van der Waals surface area (Å²) < 4.78 is 17.0. The van der Waals surface area contributed by atoms with Crippen LogP contribution in [0.4, 0.5) is 5.69 Å². The van der Waals surface area contributed by atoms with E-state index in [0.29, 0.717) is 24.5 Å². The van der Waals surface area contributed by atoms with Crippen LogP contribution in [-0.4, -0.2) is 31.8 Å². The summed E-state index contributed by atoms with van der Waals surface area (Å²) in [4.78, 5) is 12.5. The van der Waals surface area contributed by atoms with E-state index in [0.717, 1.165) is 43.7 Å². The monoisotopic (exact) mass is 369 g/mol. The minimum Gasteiger partial charge on any atom is -0.494 e. The summed E-state index contributed by atoms with van der Waals surface area (Å²) in [6, 6.07) is 14.6. The maximum absolute atomic E-state index is 12.5. The van der Waals surface area contributed by atoms with Crippen LogP contribution < -0.4 is 14.8 Å². The number of benzene rings is 2. The third-order valence-electron chi connectivity index (χ3n) is 4.43. The molecule has 0 aromatic heterocycles. The molecule has 2 aromatic rings. The largest absolute Gasteiger partial charge is 0.494 e. The molecule has 1 atom stereocenters.